The van der Waals surface area contributed by atoms with Crippen molar-refractivity contribution in [3.8, 4) is 11.1 Å². The van der Waals surface area contributed by atoms with Gasteiger partial charge in [0, 0.05) is 56.0 Å². The van der Waals surface area contributed by atoms with Crippen LogP contribution in [-0.2, 0) is 13.6 Å². The summed E-state index contributed by atoms with van der Waals surface area (Å²) in [5, 5.41) is 7.21. The fraction of sp³-hybridized carbons (Fsp3) is 0.385. The molecule has 3 aromatic rings. The van der Waals surface area contributed by atoms with Crippen LogP contribution in [0.3, 0.4) is 0 Å². The third-order valence-corrected chi connectivity index (χ3v) is 6.95. The van der Waals surface area contributed by atoms with Gasteiger partial charge in [0.05, 0.1) is 11.9 Å². The summed E-state index contributed by atoms with van der Waals surface area (Å²) in [6, 6.07) is 14.9. The molecule has 0 aliphatic carbocycles. The number of anilines is 1. The molecule has 2 amide bonds. The molecule has 2 fully saturated rings. The van der Waals surface area contributed by atoms with E-state index in [2.05, 4.69) is 45.6 Å². The number of aromatic nitrogens is 2. The highest BCUT2D eigenvalue weighted by atomic mass is 19.1. The minimum atomic E-state index is -0.340. The van der Waals surface area contributed by atoms with Crippen LogP contribution in [0.5, 0.6) is 0 Å². The van der Waals surface area contributed by atoms with Crippen LogP contribution in [0, 0.1) is 11.2 Å². The van der Waals surface area contributed by atoms with Crippen molar-refractivity contribution in [2.75, 3.05) is 31.5 Å². The Labute approximate surface area is 194 Å². The number of likely N-dealkylation sites (tertiary alicyclic amines) is 2. The SMILES string of the molecule is Cn1cc(-c2cc(F)ccc2NC(=O)N2CCC3(CCCN(Cc4ccccc4)C3)C2)cn1. The minimum Gasteiger partial charge on any atom is -0.324 e. The number of hydrogen-bond donors (Lipinski definition) is 1. The molecule has 0 bridgehead atoms. The van der Waals surface area contributed by atoms with Gasteiger partial charge in [-0.25, -0.2) is 9.18 Å². The van der Waals surface area contributed by atoms with Crippen LogP contribution in [0.15, 0.2) is 60.9 Å². The first-order valence-electron chi connectivity index (χ1n) is 11.6. The van der Waals surface area contributed by atoms with E-state index in [9.17, 15) is 9.18 Å². The molecule has 2 aliphatic heterocycles. The second-order valence-electron chi connectivity index (χ2n) is 9.49. The molecule has 2 aromatic carbocycles. The van der Waals surface area contributed by atoms with Gasteiger partial charge in [0.2, 0.25) is 0 Å². The Kier molecular flexibility index (Phi) is 5.89. The third kappa shape index (κ3) is 4.78. The summed E-state index contributed by atoms with van der Waals surface area (Å²) in [5.41, 5.74) is 3.50. The van der Waals surface area contributed by atoms with Gasteiger partial charge < -0.3 is 10.2 Å². The number of hydrogen-bond acceptors (Lipinski definition) is 3. The van der Waals surface area contributed by atoms with Gasteiger partial charge >= 0.3 is 6.03 Å². The van der Waals surface area contributed by atoms with Gasteiger partial charge in [0.1, 0.15) is 5.82 Å². The molecule has 33 heavy (non-hydrogen) atoms. The average Bonchev–Trinajstić information content (AvgIpc) is 3.42. The van der Waals surface area contributed by atoms with Gasteiger partial charge in [-0.1, -0.05) is 30.3 Å². The lowest BCUT2D eigenvalue weighted by molar-refractivity contribution is 0.0905. The molecule has 3 heterocycles. The third-order valence-electron chi connectivity index (χ3n) is 6.95. The minimum absolute atomic E-state index is 0.121. The zero-order chi connectivity index (χ0) is 22.8. The molecule has 2 aliphatic rings. The Morgan fingerprint density at radius 3 is 2.76 bits per heavy atom. The van der Waals surface area contributed by atoms with E-state index in [1.54, 1.807) is 16.9 Å². The van der Waals surface area contributed by atoms with Crippen LogP contribution in [0.1, 0.15) is 24.8 Å². The topological polar surface area (TPSA) is 53.4 Å². The molecule has 1 aromatic heterocycles. The van der Waals surface area contributed by atoms with Crippen LogP contribution in [0.4, 0.5) is 14.9 Å². The number of nitrogens with one attached hydrogen (secondary N) is 1. The first-order valence-corrected chi connectivity index (χ1v) is 11.6. The van der Waals surface area contributed by atoms with Gasteiger partial charge in [0.25, 0.3) is 0 Å². The van der Waals surface area contributed by atoms with E-state index in [1.165, 1.54) is 17.7 Å². The largest absolute Gasteiger partial charge is 0.324 e. The zero-order valence-corrected chi connectivity index (χ0v) is 19.0. The van der Waals surface area contributed by atoms with Crippen LogP contribution in [0.2, 0.25) is 0 Å². The normalized spacial score (nSPS) is 21.0. The van der Waals surface area contributed by atoms with E-state index in [4.69, 9.17) is 0 Å². The summed E-state index contributed by atoms with van der Waals surface area (Å²) < 4.78 is 15.6. The number of urea groups is 1. The van der Waals surface area contributed by atoms with Crippen molar-refractivity contribution in [2.24, 2.45) is 12.5 Å². The lowest BCUT2D eigenvalue weighted by Crippen LogP contribution is -2.45. The van der Waals surface area contributed by atoms with Crippen molar-refractivity contribution in [2.45, 2.75) is 25.8 Å². The summed E-state index contributed by atoms with van der Waals surface area (Å²) in [5.74, 6) is -0.340. The van der Waals surface area contributed by atoms with E-state index in [-0.39, 0.29) is 17.3 Å². The summed E-state index contributed by atoms with van der Waals surface area (Å²) in [7, 11) is 1.82. The molecule has 5 rings (SSSR count). The summed E-state index contributed by atoms with van der Waals surface area (Å²) in [6.45, 7) is 4.58. The Hall–Kier alpha value is -3.19. The zero-order valence-electron chi connectivity index (χ0n) is 19.0. The van der Waals surface area contributed by atoms with Crippen LogP contribution < -0.4 is 5.32 Å². The Morgan fingerprint density at radius 2 is 1.97 bits per heavy atom. The number of rotatable bonds is 4. The average molecular weight is 448 g/mol. The van der Waals surface area contributed by atoms with Crippen molar-refractivity contribution >= 4 is 11.7 Å². The number of piperidine rings is 1. The van der Waals surface area contributed by atoms with Crippen LogP contribution in [0.25, 0.3) is 11.1 Å². The van der Waals surface area contributed by atoms with Crippen molar-refractivity contribution in [1.82, 2.24) is 19.6 Å². The molecule has 1 N–H and O–H groups in total. The monoisotopic (exact) mass is 447 g/mol. The molecule has 6 nitrogen and oxygen atoms in total. The Morgan fingerprint density at radius 1 is 1.12 bits per heavy atom. The quantitative estimate of drug-likeness (QED) is 0.628. The van der Waals surface area contributed by atoms with E-state index in [0.29, 0.717) is 11.3 Å². The highest BCUT2D eigenvalue weighted by Crippen LogP contribution is 2.40. The highest BCUT2D eigenvalue weighted by Gasteiger charge is 2.42. The molecule has 172 valence electrons. The lowest BCUT2D eigenvalue weighted by Gasteiger charge is -2.40. The highest BCUT2D eigenvalue weighted by molar-refractivity contribution is 5.94. The molecule has 1 spiro atoms. The first kappa shape index (κ1) is 21.6. The van der Waals surface area contributed by atoms with E-state index >= 15 is 0 Å². The number of benzene rings is 2. The van der Waals surface area contributed by atoms with Crippen LogP contribution >= 0.6 is 0 Å². The number of amides is 2. The molecule has 1 unspecified atom stereocenters. The van der Waals surface area contributed by atoms with E-state index in [0.717, 1.165) is 57.5 Å². The standard InChI is InChI=1S/C26H30FN5O/c1-30-17-21(15-28-30)23-14-22(27)8-9-24(23)29-25(33)32-13-11-26(19-32)10-5-12-31(18-26)16-20-6-3-2-4-7-20/h2-4,6-9,14-15,17H,5,10-13,16,18-19H2,1H3,(H,29,33). The molecule has 0 saturated carbocycles. The predicted molar refractivity (Wildman–Crippen MR) is 127 cm³/mol. The Bertz CT molecular complexity index is 1130. The molecule has 1 atom stereocenters. The van der Waals surface area contributed by atoms with Gasteiger partial charge in [-0.2, -0.15) is 5.10 Å². The van der Waals surface area contributed by atoms with E-state index < -0.39 is 0 Å². The Balaban J connectivity index is 1.26. The van der Waals surface area contributed by atoms with E-state index in [1.807, 2.05) is 18.1 Å². The van der Waals surface area contributed by atoms with Gasteiger partial charge in [0.15, 0.2) is 0 Å². The molecular formula is C26H30FN5O. The molecule has 0 radical (unpaired) electrons. The number of nitrogens with zero attached hydrogens (tertiary/aromatic N) is 4. The van der Waals surface area contributed by atoms with Crippen molar-refractivity contribution in [3.05, 3.63) is 72.3 Å². The van der Waals surface area contributed by atoms with Crippen LogP contribution in [-0.4, -0.2) is 51.8 Å². The number of carbonyl (C=O) groups is 1. The number of carbonyl (C=O) groups excluding carboxylic acids is 1. The summed E-state index contributed by atoms with van der Waals surface area (Å²) in [6.07, 6.45) is 6.83. The summed E-state index contributed by atoms with van der Waals surface area (Å²) >= 11 is 0. The number of aryl methyl sites for hydroxylation is 1. The second-order valence-corrected chi connectivity index (χ2v) is 9.49. The smallest absolute Gasteiger partial charge is 0.321 e. The number of halogens is 1. The maximum absolute atomic E-state index is 14.0. The fourth-order valence-electron chi connectivity index (χ4n) is 5.35. The van der Waals surface area contributed by atoms with Crippen molar-refractivity contribution in [1.29, 1.82) is 0 Å². The van der Waals surface area contributed by atoms with Gasteiger partial charge in [-0.3, -0.25) is 9.58 Å². The van der Waals surface area contributed by atoms with Gasteiger partial charge in [-0.05, 0) is 49.6 Å². The second kappa shape index (κ2) is 8.98. The fourth-order valence-corrected chi connectivity index (χ4v) is 5.35. The molecule has 7 heteroatoms. The maximum Gasteiger partial charge on any atom is 0.321 e. The van der Waals surface area contributed by atoms with Gasteiger partial charge in [-0.15, -0.1) is 0 Å². The molecule has 2 saturated heterocycles. The first-order chi connectivity index (χ1) is 16.0. The maximum atomic E-state index is 14.0. The summed E-state index contributed by atoms with van der Waals surface area (Å²) in [4.78, 5) is 17.6. The predicted octanol–water partition coefficient (Wildman–Crippen LogP) is 4.75. The lowest BCUT2D eigenvalue weighted by atomic mass is 9.79. The van der Waals surface area contributed by atoms with Crippen molar-refractivity contribution in [3.63, 3.8) is 0 Å². The van der Waals surface area contributed by atoms with Crippen molar-refractivity contribution < 1.29 is 9.18 Å². The molecular weight excluding hydrogens is 417 g/mol.